The molecular weight excluding hydrogens is 288 g/mol. The Hall–Kier alpha value is -1.41. The van der Waals surface area contributed by atoms with Crippen LogP contribution in [0.1, 0.15) is 44.7 Å². The molecule has 0 saturated heterocycles. The van der Waals surface area contributed by atoms with E-state index in [2.05, 4.69) is 28.9 Å². The molecule has 0 bridgehead atoms. The van der Waals surface area contributed by atoms with Gasteiger partial charge in [0.15, 0.2) is 5.78 Å². The van der Waals surface area contributed by atoms with Gasteiger partial charge in [0.25, 0.3) is 0 Å². The lowest BCUT2D eigenvalue weighted by Gasteiger charge is -2.18. The monoisotopic (exact) mass is 300 g/mol. The number of ketones is 1. The molecular formula is C16H13BrO. The Bertz CT molecular complexity index is 564. The summed E-state index contributed by atoms with van der Waals surface area (Å²) < 4.78 is 0. The summed E-state index contributed by atoms with van der Waals surface area (Å²) in [6, 6.07) is 15.8. The Morgan fingerprint density at radius 2 is 1.39 bits per heavy atom. The van der Waals surface area contributed by atoms with E-state index < -0.39 is 0 Å². The van der Waals surface area contributed by atoms with E-state index in [-0.39, 0.29) is 16.5 Å². The van der Waals surface area contributed by atoms with Gasteiger partial charge >= 0.3 is 0 Å². The number of carbonyl (C=O) groups is 1. The fourth-order valence-electron chi connectivity index (χ4n) is 2.62. The maximum atomic E-state index is 12.6. The zero-order valence-electron chi connectivity index (χ0n) is 10.1. The summed E-state index contributed by atoms with van der Waals surface area (Å²) in [5, 5.41) is 0. The van der Waals surface area contributed by atoms with Crippen LogP contribution >= 0.6 is 15.9 Å². The van der Waals surface area contributed by atoms with E-state index in [9.17, 15) is 4.79 Å². The molecule has 1 nitrogen and oxygen atoms in total. The fraction of sp³-hybridized carbons (Fsp3) is 0.188. The molecule has 0 radical (unpaired) electrons. The van der Waals surface area contributed by atoms with Crippen molar-refractivity contribution in [1.29, 1.82) is 0 Å². The van der Waals surface area contributed by atoms with Crippen LogP contribution in [0.15, 0.2) is 48.5 Å². The average Bonchev–Trinajstić information content (AvgIpc) is 2.51. The molecule has 18 heavy (non-hydrogen) atoms. The lowest BCUT2D eigenvalue weighted by molar-refractivity contribution is 0.103. The highest BCUT2D eigenvalue weighted by Crippen LogP contribution is 2.43. The number of fused-ring (bicyclic) bond motifs is 2. The van der Waals surface area contributed by atoms with Crippen LogP contribution in [-0.4, -0.2) is 5.78 Å². The van der Waals surface area contributed by atoms with E-state index in [1.807, 2.05) is 42.5 Å². The highest BCUT2D eigenvalue weighted by Gasteiger charge is 2.30. The number of alkyl halides is 1. The van der Waals surface area contributed by atoms with Gasteiger partial charge in [-0.15, -0.1) is 0 Å². The SMILES string of the molecule is CC1c2ccccc2C(=O)c2ccccc2C1Br. The quantitative estimate of drug-likeness (QED) is 0.656. The Balaban J connectivity index is 2.31. The van der Waals surface area contributed by atoms with Crippen molar-refractivity contribution >= 4 is 21.7 Å². The molecule has 0 aromatic heterocycles. The second-order valence-electron chi connectivity index (χ2n) is 4.69. The van der Waals surface area contributed by atoms with Crippen molar-refractivity contribution in [3.8, 4) is 0 Å². The minimum Gasteiger partial charge on any atom is -0.289 e. The molecule has 0 N–H and O–H groups in total. The Labute approximate surface area is 115 Å². The standard InChI is InChI=1S/C16H13BrO/c1-10-11-6-2-4-8-13(11)16(18)14-9-5-3-7-12(14)15(10)17/h2-10,15H,1H3. The van der Waals surface area contributed by atoms with Gasteiger partial charge in [0, 0.05) is 16.0 Å². The maximum absolute atomic E-state index is 12.6. The molecule has 2 heteroatoms. The molecule has 2 unspecified atom stereocenters. The summed E-state index contributed by atoms with van der Waals surface area (Å²) in [5.74, 6) is 0.420. The Morgan fingerprint density at radius 3 is 2.06 bits per heavy atom. The van der Waals surface area contributed by atoms with Crippen molar-refractivity contribution in [3.05, 3.63) is 70.8 Å². The zero-order chi connectivity index (χ0) is 12.7. The summed E-state index contributed by atoms with van der Waals surface area (Å²) in [6.07, 6.45) is 0. The Kier molecular flexibility index (Phi) is 2.83. The number of benzene rings is 2. The summed E-state index contributed by atoms with van der Waals surface area (Å²) >= 11 is 3.75. The molecule has 0 heterocycles. The second kappa shape index (κ2) is 4.36. The number of halogens is 1. The number of hydrogen-bond donors (Lipinski definition) is 0. The van der Waals surface area contributed by atoms with Gasteiger partial charge in [-0.3, -0.25) is 4.79 Å². The molecule has 0 aliphatic heterocycles. The molecule has 2 aromatic rings. The van der Waals surface area contributed by atoms with Crippen LogP contribution in [0.4, 0.5) is 0 Å². The van der Waals surface area contributed by atoms with Crippen molar-refractivity contribution in [2.45, 2.75) is 17.7 Å². The average molecular weight is 301 g/mol. The summed E-state index contributed by atoms with van der Waals surface area (Å²) in [6.45, 7) is 2.16. The van der Waals surface area contributed by atoms with E-state index >= 15 is 0 Å². The van der Waals surface area contributed by atoms with Crippen molar-refractivity contribution < 1.29 is 4.79 Å². The molecule has 0 saturated carbocycles. The van der Waals surface area contributed by atoms with Crippen LogP contribution in [0.3, 0.4) is 0 Å². The van der Waals surface area contributed by atoms with E-state index in [0.29, 0.717) is 0 Å². The molecule has 0 fully saturated rings. The third-order valence-corrected chi connectivity index (χ3v) is 4.92. The molecule has 3 rings (SSSR count). The van der Waals surface area contributed by atoms with Crippen molar-refractivity contribution in [2.24, 2.45) is 0 Å². The number of hydrogen-bond acceptors (Lipinski definition) is 1. The molecule has 1 aliphatic carbocycles. The van der Waals surface area contributed by atoms with E-state index in [0.717, 1.165) is 22.3 Å². The molecule has 0 spiro atoms. The van der Waals surface area contributed by atoms with Crippen molar-refractivity contribution in [1.82, 2.24) is 0 Å². The zero-order valence-corrected chi connectivity index (χ0v) is 11.6. The topological polar surface area (TPSA) is 17.1 Å². The van der Waals surface area contributed by atoms with E-state index in [4.69, 9.17) is 0 Å². The van der Waals surface area contributed by atoms with Gasteiger partial charge in [-0.05, 0) is 17.0 Å². The normalized spacial score (nSPS) is 22.0. The molecule has 1 aliphatic rings. The maximum Gasteiger partial charge on any atom is 0.193 e. The highest BCUT2D eigenvalue weighted by atomic mass is 79.9. The van der Waals surface area contributed by atoms with E-state index in [1.54, 1.807) is 0 Å². The van der Waals surface area contributed by atoms with Gasteiger partial charge in [0.05, 0.1) is 0 Å². The lowest BCUT2D eigenvalue weighted by Crippen LogP contribution is -2.03. The van der Waals surface area contributed by atoms with Gasteiger partial charge < -0.3 is 0 Å². The van der Waals surface area contributed by atoms with Crippen LogP contribution in [0.5, 0.6) is 0 Å². The van der Waals surface area contributed by atoms with Gasteiger partial charge in [0.2, 0.25) is 0 Å². The van der Waals surface area contributed by atoms with Crippen LogP contribution in [0, 0.1) is 0 Å². The van der Waals surface area contributed by atoms with Crippen LogP contribution in [-0.2, 0) is 0 Å². The minimum atomic E-state index is 0.134. The molecule has 0 amide bonds. The van der Waals surface area contributed by atoms with Crippen molar-refractivity contribution in [2.75, 3.05) is 0 Å². The smallest absolute Gasteiger partial charge is 0.193 e. The predicted octanol–water partition coefficient (Wildman–Crippen LogP) is 4.47. The lowest BCUT2D eigenvalue weighted by atomic mass is 9.93. The second-order valence-corrected chi connectivity index (χ2v) is 5.68. The third kappa shape index (κ3) is 1.64. The number of carbonyl (C=O) groups excluding carboxylic acids is 1. The first kappa shape index (κ1) is 11.7. The fourth-order valence-corrected chi connectivity index (χ4v) is 3.30. The minimum absolute atomic E-state index is 0.134. The van der Waals surface area contributed by atoms with Crippen LogP contribution < -0.4 is 0 Å². The summed E-state index contributed by atoms with van der Waals surface area (Å²) in [4.78, 5) is 12.8. The first-order valence-electron chi connectivity index (χ1n) is 6.07. The third-order valence-electron chi connectivity index (χ3n) is 3.64. The molecule has 90 valence electrons. The molecule has 2 atom stereocenters. The van der Waals surface area contributed by atoms with Crippen molar-refractivity contribution in [3.63, 3.8) is 0 Å². The first-order valence-corrected chi connectivity index (χ1v) is 6.98. The van der Waals surface area contributed by atoms with Gasteiger partial charge in [-0.25, -0.2) is 0 Å². The van der Waals surface area contributed by atoms with Crippen LogP contribution in [0.25, 0.3) is 0 Å². The highest BCUT2D eigenvalue weighted by molar-refractivity contribution is 9.09. The number of rotatable bonds is 0. The summed E-state index contributed by atoms with van der Waals surface area (Å²) in [5.41, 5.74) is 3.86. The van der Waals surface area contributed by atoms with Gasteiger partial charge in [-0.2, -0.15) is 0 Å². The van der Waals surface area contributed by atoms with Crippen LogP contribution in [0.2, 0.25) is 0 Å². The van der Waals surface area contributed by atoms with Gasteiger partial charge in [-0.1, -0.05) is 71.4 Å². The predicted molar refractivity (Wildman–Crippen MR) is 76.4 cm³/mol. The largest absolute Gasteiger partial charge is 0.289 e. The Morgan fingerprint density at radius 1 is 0.889 bits per heavy atom. The van der Waals surface area contributed by atoms with Gasteiger partial charge in [0.1, 0.15) is 0 Å². The molecule has 2 aromatic carbocycles. The summed E-state index contributed by atoms with van der Waals surface area (Å²) in [7, 11) is 0. The first-order chi connectivity index (χ1) is 8.70. The van der Waals surface area contributed by atoms with E-state index in [1.165, 1.54) is 0 Å².